The molecule has 0 aliphatic carbocycles. The normalized spacial score (nSPS) is 11.4. The molecule has 0 aliphatic rings. The number of phosphoric acid groups is 1. The maximum Gasteiger partial charge on any atom is 0.466 e. The summed E-state index contributed by atoms with van der Waals surface area (Å²) in [5, 5.41) is 0. The van der Waals surface area contributed by atoms with Crippen LogP contribution in [-0.2, 0) is 4.57 Å². The van der Waals surface area contributed by atoms with E-state index in [1.165, 1.54) is 114 Å². The van der Waals surface area contributed by atoms with Gasteiger partial charge in [-0.2, -0.15) is 0 Å². The van der Waals surface area contributed by atoms with Crippen LogP contribution in [0.5, 0.6) is 0 Å². The van der Waals surface area contributed by atoms with Crippen molar-refractivity contribution in [2.24, 2.45) is 5.73 Å². The van der Waals surface area contributed by atoms with Crippen LogP contribution < -0.4 is 5.73 Å². The van der Waals surface area contributed by atoms with Crippen LogP contribution in [0.15, 0.2) is 60.7 Å². The van der Waals surface area contributed by atoms with Crippen LogP contribution in [0.4, 0.5) is 0 Å². The molecule has 0 saturated heterocycles. The molecule has 0 radical (unpaired) electrons. The smallest absolute Gasteiger partial charge is 0.330 e. The molecule has 0 aliphatic heterocycles. The summed E-state index contributed by atoms with van der Waals surface area (Å²) in [6.07, 6.45) is 22.2. The Labute approximate surface area is 219 Å². The molecular weight excluding hydrogens is 469 g/mol. The van der Waals surface area contributed by atoms with E-state index in [2.05, 4.69) is 60.7 Å². The number of rotatable bonds is 19. The molecule has 0 amide bonds. The molecular formula is C30H50NO4P. The fourth-order valence-corrected chi connectivity index (χ4v) is 4.69. The molecule has 2 aromatic carbocycles. The third-order valence-electron chi connectivity index (χ3n) is 6.60. The highest BCUT2D eigenvalue weighted by molar-refractivity contribution is 7.45. The first-order valence-corrected chi connectivity index (χ1v) is 15.6. The van der Waals surface area contributed by atoms with E-state index in [0.717, 1.165) is 6.54 Å². The van der Waals surface area contributed by atoms with Crippen molar-refractivity contribution in [1.29, 1.82) is 0 Å². The number of nitrogens with two attached hydrogens (primary N) is 1. The summed E-state index contributed by atoms with van der Waals surface area (Å²) >= 11 is 0. The monoisotopic (exact) mass is 519 g/mol. The summed E-state index contributed by atoms with van der Waals surface area (Å²) < 4.78 is 8.88. The lowest BCUT2D eigenvalue weighted by Gasteiger charge is -2.18. The Hall–Kier alpha value is -1.49. The van der Waals surface area contributed by atoms with Gasteiger partial charge in [-0.25, -0.2) is 4.57 Å². The zero-order valence-electron chi connectivity index (χ0n) is 22.1. The standard InChI is InChI=1S/C30H47N.H3O4P/c31-27-21-13-11-9-7-5-3-1-2-4-6-8-10-12-20-26-30(28-22-16-14-17-23-28)29-24-18-15-19-25-29;1-5(2,3)4/h14-19,22-25,30H,1-13,20-21,26-27,31H2;(H3,1,2,3,4). The summed E-state index contributed by atoms with van der Waals surface area (Å²) in [7, 11) is -4.64. The lowest BCUT2D eigenvalue weighted by Crippen LogP contribution is -2.01. The van der Waals surface area contributed by atoms with E-state index >= 15 is 0 Å². The zero-order chi connectivity index (χ0) is 26.3. The van der Waals surface area contributed by atoms with Crippen molar-refractivity contribution in [3.05, 3.63) is 71.8 Å². The van der Waals surface area contributed by atoms with Crippen LogP contribution in [0.1, 0.15) is 120 Å². The predicted octanol–water partition coefficient (Wildman–Crippen LogP) is 8.09. The van der Waals surface area contributed by atoms with Crippen molar-refractivity contribution in [1.82, 2.24) is 0 Å². The minimum absolute atomic E-state index is 0.545. The highest BCUT2D eigenvalue weighted by Crippen LogP contribution is 2.30. The molecule has 0 heterocycles. The molecule has 204 valence electrons. The summed E-state index contributed by atoms with van der Waals surface area (Å²) in [6.45, 7) is 0.863. The Morgan fingerprint density at radius 1 is 0.528 bits per heavy atom. The number of benzene rings is 2. The molecule has 0 saturated carbocycles. The van der Waals surface area contributed by atoms with Gasteiger partial charge in [-0.3, -0.25) is 0 Å². The fraction of sp³-hybridized carbons (Fsp3) is 0.600. The molecule has 2 aromatic rings. The maximum atomic E-state index is 8.88. The first kappa shape index (κ1) is 32.5. The van der Waals surface area contributed by atoms with E-state index in [1.807, 2.05) is 0 Å². The van der Waals surface area contributed by atoms with Gasteiger partial charge in [0.1, 0.15) is 0 Å². The second-order valence-corrected chi connectivity index (χ2v) is 10.8. The largest absolute Gasteiger partial charge is 0.466 e. The fourth-order valence-electron chi connectivity index (χ4n) is 4.69. The number of hydrogen-bond acceptors (Lipinski definition) is 2. The summed E-state index contributed by atoms with van der Waals surface area (Å²) in [4.78, 5) is 21.6. The van der Waals surface area contributed by atoms with E-state index in [0.29, 0.717) is 5.92 Å². The summed E-state index contributed by atoms with van der Waals surface area (Å²) in [6, 6.07) is 22.1. The van der Waals surface area contributed by atoms with Crippen molar-refractivity contribution in [2.75, 3.05) is 6.54 Å². The van der Waals surface area contributed by atoms with Crippen molar-refractivity contribution >= 4 is 7.82 Å². The maximum absolute atomic E-state index is 8.88. The van der Waals surface area contributed by atoms with Crippen LogP contribution in [0.3, 0.4) is 0 Å². The van der Waals surface area contributed by atoms with E-state index in [4.69, 9.17) is 25.0 Å². The van der Waals surface area contributed by atoms with Gasteiger partial charge in [-0.15, -0.1) is 0 Å². The minimum atomic E-state index is -4.64. The zero-order valence-corrected chi connectivity index (χ0v) is 23.0. The third-order valence-corrected chi connectivity index (χ3v) is 6.60. The molecule has 36 heavy (non-hydrogen) atoms. The molecule has 0 spiro atoms. The Balaban J connectivity index is 0.00000118. The molecule has 0 bridgehead atoms. The second-order valence-electron chi connectivity index (χ2n) is 9.77. The average molecular weight is 520 g/mol. The third kappa shape index (κ3) is 19.7. The molecule has 0 fully saturated rings. The first-order valence-electron chi connectivity index (χ1n) is 14.0. The Morgan fingerprint density at radius 3 is 1.11 bits per heavy atom. The van der Waals surface area contributed by atoms with Gasteiger partial charge in [0, 0.05) is 5.92 Å². The molecule has 5 nitrogen and oxygen atoms in total. The van der Waals surface area contributed by atoms with Crippen LogP contribution in [0.25, 0.3) is 0 Å². The van der Waals surface area contributed by atoms with E-state index in [9.17, 15) is 0 Å². The Kier molecular flexibility index (Phi) is 19.5. The van der Waals surface area contributed by atoms with Crippen LogP contribution in [0.2, 0.25) is 0 Å². The van der Waals surface area contributed by atoms with E-state index < -0.39 is 7.82 Å². The quantitative estimate of drug-likeness (QED) is 0.111. The topological polar surface area (TPSA) is 104 Å². The Morgan fingerprint density at radius 2 is 0.806 bits per heavy atom. The van der Waals surface area contributed by atoms with Gasteiger partial charge in [-0.1, -0.05) is 151 Å². The van der Waals surface area contributed by atoms with Gasteiger partial charge in [0.2, 0.25) is 0 Å². The highest BCUT2D eigenvalue weighted by Gasteiger charge is 2.13. The van der Waals surface area contributed by atoms with E-state index in [1.54, 1.807) is 0 Å². The van der Waals surface area contributed by atoms with Gasteiger partial charge in [-0.05, 0) is 30.5 Å². The first-order chi connectivity index (χ1) is 17.4. The number of unbranched alkanes of at least 4 members (excludes halogenated alkanes) is 14. The lowest BCUT2D eigenvalue weighted by molar-refractivity contribution is 0.275. The van der Waals surface area contributed by atoms with Gasteiger partial charge >= 0.3 is 7.82 Å². The predicted molar refractivity (Wildman–Crippen MR) is 152 cm³/mol. The van der Waals surface area contributed by atoms with Crippen LogP contribution in [-0.4, -0.2) is 21.2 Å². The lowest BCUT2D eigenvalue weighted by atomic mass is 9.87. The minimum Gasteiger partial charge on any atom is -0.330 e. The van der Waals surface area contributed by atoms with Crippen molar-refractivity contribution in [3.8, 4) is 0 Å². The molecule has 0 aromatic heterocycles. The molecule has 0 unspecified atom stereocenters. The van der Waals surface area contributed by atoms with Crippen LogP contribution in [0, 0.1) is 0 Å². The van der Waals surface area contributed by atoms with Crippen molar-refractivity contribution in [2.45, 2.75) is 109 Å². The van der Waals surface area contributed by atoms with Crippen LogP contribution >= 0.6 is 7.82 Å². The number of hydrogen-bond donors (Lipinski definition) is 4. The van der Waals surface area contributed by atoms with Crippen molar-refractivity contribution in [3.63, 3.8) is 0 Å². The summed E-state index contributed by atoms with van der Waals surface area (Å²) in [5.41, 5.74) is 8.46. The van der Waals surface area contributed by atoms with Gasteiger partial charge in [0.05, 0.1) is 0 Å². The van der Waals surface area contributed by atoms with Gasteiger partial charge < -0.3 is 20.4 Å². The molecule has 2 rings (SSSR count). The molecule has 5 N–H and O–H groups in total. The second kappa shape index (κ2) is 21.6. The molecule has 6 heteroatoms. The van der Waals surface area contributed by atoms with Gasteiger partial charge in [0.15, 0.2) is 0 Å². The highest BCUT2D eigenvalue weighted by atomic mass is 31.2. The van der Waals surface area contributed by atoms with E-state index in [-0.39, 0.29) is 0 Å². The Bertz CT molecular complexity index is 734. The summed E-state index contributed by atoms with van der Waals surface area (Å²) in [5.74, 6) is 0.545. The average Bonchev–Trinajstić information content (AvgIpc) is 2.86. The van der Waals surface area contributed by atoms with Crippen molar-refractivity contribution < 1.29 is 19.2 Å². The SMILES string of the molecule is NCCCCCCCCCCCCCCCCCC(c1ccccc1)c1ccccc1.O=P(O)(O)O. The van der Waals surface area contributed by atoms with Gasteiger partial charge in [0.25, 0.3) is 0 Å². The molecule has 0 atom stereocenters.